The van der Waals surface area contributed by atoms with Crippen molar-refractivity contribution < 1.29 is 46.5 Å². The zero-order valence-electron chi connectivity index (χ0n) is 27.6. The van der Waals surface area contributed by atoms with Gasteiger partial charge in [0.05, 0.1) is 33.9 Å². The average Bonchev–Trinajstić information content (AvgIpc) is 3.98. The molecule has 10 rings (SSSR count). The Balaban J connectivity index is 1.34. The molecule has 2 bridgehead atoms. The first-order chi connectivity index (χ1) is 25.7. The molecule has 0 unspecified atom stereocenters. The SMILES string of the molecule is O=C1[C@@H]2[C@@H](C(=O)N1c1cccc(C(F)(F)F)c1)[C@@]1(c3ccccc3)C(=O)[C@@]2(c2ccccc2)C(c2ccc3c(c2)OCO3)=C1c1ccc2c(c1)OCO2. The lowest BCUT2D eigenvalue weighted by Gasteiger charge is -2.39. The van der Waals surface area contributed by atoms with Crippen molar-refractivity contribution in [2.75, 3.05) is 18.5 Å². The average molecular weight is 714 g/mol. The number of amides is 2. The molecule has 53 heavy (non-hydrogen) atoms. The number of carbonyl (C=O) groups is 3. The van der Waals surface area contributed by atoms with Gasteiger partial charge in [-0.05, 0) is 75.9 Å². The first-order valence-electron chi connectivity index (χ1n) is 16.9. The molecule has 3 aliphatic heterocycles. The minimum atomic E-state index is -4.73. The van der Waals surface area contributed by atoms with Crippen LogP contribution in [-0.4, -0.2) is 31.2 Å². The van der Waals surface area contributed by atoms with E-state index in [1.54, 1.807) is 97.1 Å². The maximum atomic E-state index is 16.2. The summed E-state index contributed by atoms with van der Waals surface area (Å²) in [6, 6.07) is 32.4. The van der Waals surface area contributed by atoms with Crippen molar-refractivity contribution in [2.24, 2.45) is 11.8 Å². The summed E-state index contributed by atoms with van der Waals surface area (Å²) in [5.74, 6) is -2.72. The van der Waals surface area contributed by atoms with E-state index in [0.29, 0.717) is 56.4 Å². The number of hydrogen-bond donors (Lipinski definition) is 0. The Morgan fingerprint density at radius 2 is 1.02 bits per heavy atom. The summed E-state index contributed by atoms with van der Waals surface area (Å²) in [6.45, 7) is -0.0135. The topological polar surface area (TPSA) is 91.4 Å². The molecule has 2 fully saturated rings. The number of ether oxygens (including phenoxy) is 4. The Bertz CT molecular complexity index is 2310. The Labute approximate surface area is 300 Å². The van der Waals surface area contributed by atoms with Gasteiger partial charge in [0, 0.05) is 0 Å². The second-order valence-electron chi connectivity index (χ2n) is 13.6. The van der Waals surface area contributed by atoms with E-state index < -0.39 is 46.2 Å². The van der Waals surface area contributed by atoms with Crippen LogP contribution in [0.1, 0.15) is 27.8 Å². The largest absolute Gasteiger partial charge is 0.454 e. The maximum absolute atomic E-state index is 16.2. The second-order valence-corrected chi connectivity index (χ2v) is 13.6. The van der Waals surface area contributed by atoms with E-state index >= 15 is 14.4 Å². The minimum absolute atomic E-state index is 0.00675. The summed E-state index contributed by atoms with van der Waals surface area (Å²) in [5.41, 5.74) is -1.83. The van der Waals surface area contributed by atoms with E-state index in [0.717, 1.165) is 17.0 Å². The lowest BCUT2D eigenvalue weighted by atomic mass is 9.59. The number of allylic oxidation sites excluding steroid dienone is 2. The molecule has 1 saturated carbocycles. The highest BCUT2D eigenvalue weighted by molar-refractivity contribution is 6.39. The molecule has 2 aliphatic carbocycles. The van der Waals surface area contributed by atoms with Crippen molar-refractivity contribution in [2.45, 2.75) is 17.0 Å². The Morgan fingerprint density at radius 1 is 0.547 bits per heavy atom. The van der Waals surface area contributed by atoms with Crippen LogP contribution in [-0.2, 0) is 31.4 Å². The number of nitrogens with zero attached hydrogens (tertiary/aromatic N) is 1. The fraction of sp³-hybridized carbons (Fsp3) is 0.167. The lowest BCUT2D eigenvalue weighted by molar-refractivity contribution is -0.137. The summed E-state index contributed by atoms with van der Waals surface area (Å²) >= 11 is 0. The fourth-order valence-corrected chi connectivity index (χ4v) is 9.30. The van der Waals surface area contributed by atoms with Crippen molar-refractivity contribution in [1.29, 1.82) is 0 Å². The van der Waals surface area contributed by atoms with Gasteiger partial charge in [0.2, 0.25) is 25.4 Å². The minimum Gasteiger partial charge on any atom is -0.454 e. The molecule has 0 radical (unpaired) electrons. The van der Waals surface area contributed by atoms with Crippen LogP contribution in [0, 0.1) is 11.8 Å². The molecule has 11 heteroatoms. The van der Waals surface area contributed by atoms with Crippen LogP contribution < -0.4 is 23.8 Å². The highest BCUT2D eigenvalue weighted by Gasteiger charge is 2.83. The van der Waals surface area contributed by atoms with Crippen LogP contribution in [0.3, 0.4) is 0 Å². The highest BCUT2D eigenvalue weighted by atomic mass is 19.4. The molecular weight excluding hydrogens is 687 g/mol. The van der Waals surface area contributed by atoms with E-state index in [1.807, 2.05) is 0 Å². The van der Waals surface area contributed by atoms with Gasteiger partial charge >= 0.3 is 6.18 Å². The van der Waals surface area contributed by atoms with Gasteiger partial charge in [0.1, 0.15) is 0 Å². The third-order valence-corrected chi connectivity index (χ3v) is 11.2. The highest BCUT2D eigenvalue weighted by Crippen LogP contribution is 2.74. The number of halogens is 3. The Hall–Kier alpha value is -6.36. The Morgan fingerprint density at radius 3 is 1.49 bits per heavy atom. The van der Waals surface area contributed by atoms with Crippen molar-refractivity contribution >= 4 is 34.4 Å². The van der Waals surface area contributed by atoms with Gasteiger partial charge in [-0.1, -0.05) is 78.9 Å². The first kappa shape index (κ1) is 31.4. The molecule has 0 N–H and O–H groups in total. The predicted molar refractivity (Wildman–Crippen MR) is 184 cm³/mol. The molecule has 0 spiro atoms. The number of anilines is 1. The van der Waals surface area contributed by atoms with Gasteiger partial charge in [-0.3, -0.25) is 14.4 Å². The van der Waals surface area contributed by atoms with Crippen molar-refractivity contribution in [3.05, 3.63) is 149 Å². The molecule has 8 nitrogen and oxygen atoms in total. The van der Waals surface area contributed by atoms with E-state index in [2.05, 4.69) is 0 Å². The number of benzene rings is 5. The monoisotopic (exact) mass is 713 g/mol. The van der Waals surface area contributed by atoms with Crippen LogP contribution in [0.15, 0.2) is 121 Å². The third-order valence-electron chi connectivity index (χ3n) is 11.2. The van der Waals surface area contributed by atoms with Crippen LogP contribution in [0.4, 0.5) is 18.9 Å². The van der Waals surface area contributed by atoms with Gasteiger partial charge in [-0.2, -0.15) is 13.2 Å². The van der Waals surface area contributed by atoms with Crippen LogP contribution >= 0.6 is 0 Å². The van der Waals surface area contributed by atoms with Gasteiger partial charge in [-0.15, -0.1) is 0 Å². The summed E-state index contributed by atoms with van der Waals surface area (Å²) in [6.07, 6.45) is -4.73. The van der Waals surface area contributed by atoms with E-state index in [1.165, 1.54) is 12.1 Å². The first-order valence-corrected chi connectivity index (χ1v) is 16.9. The number of alkyl halides is 3. The molecule has 262 valence electrons. The number of imide groups is 1. The zero-order valence-corrected chi connectivity index (χ0v) is 27.6. The van der Waals surface area contributed by atoms with Gasteiger partial charge < -0.3 is 18.9 Å². The predicted octanol–water partition coefficient (Wildman–Crippen LogP) is 7.35. The maximum Gasteiger partial charge on any atom is 0.416 e. The van der Waals surface area contributed by atoms with Gasteiger partial charge in [0.15, 0.2) is 28.8 Å². The van der Waals surface area contributed by atoms with Crippen molar-refractivity contribution in [3.8, 4) is 23.0 Å². The summed E-state index contributed by atoms with van der Waals surface area (Å²) in [5, 5.41) is 0. The third kappa shape index (κ3) is 3.99. The van der Waals surface area contributed by atoms with Crippen molar-refractivity contribution in [3.63, 3.8) is 0 Å². The molecule has 4 atom stereocenters. The smallest absolute Gasteiger partial charge is 0.416 e. The van der Waals surface area contributed by atoms with E-state index in [4.69, 9.17) is 18.9 Å². The van der Waals surface area contributed by atoms with Gasteiger partial charge in [-0.25, -0.2) is 4.90 Å². The molecule has 5 aliphatic rings. The van der Waals surface area contributed by atoms with Crippen LogP contribution in [0.25, 0.3) is 11.1 Å². The summed E-state index contributed by atoms with van der Waals surface area (Å²) in [7, 11) is 0. The van der Waals surface area contributed by atoms with Crippen molar-refractivity contribution in [1.82, 2.24) is 0 Å². The van der Waals surface area contributed by atoms with E-state index in [-0.39, 0.29) is 25.1 Å². The fourth-order valence-electron chi connectivity index (χ4n) is 9.30. The number of carbonyl (C=O) groups excluding carboxylic acids is 3. The summed E-state index contributed by atoms with van der Waals surface area (Å²) < 4.78 is 64.9. The molecule has 5 aromatic rings. The molecule has 5 aromatic carbocycles. The normalized spacial score (nSPS) is 25.1. The van der Waals surface area contributed by atoms with Crippen LogP contribution in [0.2, 0.25) is 0 Å². The summed E-state index contributed by atoms with van der Waals surface area (Å²) in [4.78, 5) is 47.3. The van der Waals surface area contributed by atoms with Crippen LogP contribution in [0.5, 0.6) is 23.0 Å². The molecule has 3 heterocycles. The lowest BCUT2D eigenvalue weighted by Crippen LogP contribution is -2.45. The molecule has 0 aromatic heterocycles. The molecule has 1 saturated heterocycles. The number of fused-ring (bicyclic) bond motifs is 7. The van der Waals surface area contributed by atoms with E-state index in [9.17, 15) is 13.2 Å². The second kappa shape index (κ2) is 10.8. The number of Topliss-reactive ketones (excluding diaryl/α,β-unsaturated/α-hetero) is 1. The standard InChI is InChI=1S/C42H26F3NO7/c43-42(44,45)27-12-7-13-28(20-27)46-37(47)35-36(38(46)48)41(26-10-5-2-6-11-26)34(24-15-17-30-32(19-24)53-22-51-30)33(23-14-16-29-31(18-23)52-21-50-29)40(35,39(41)49)25-8-3-1-4-9-25/h1-20,35-36H,21-22H2/t35-,36-,40-,41-/m0/s1. The molecular formula is C42H26F3NO7. The quantitative estimate of drug-likeness (QED) is 0.176. The zero-order chi connectivity index (χ0) is 36.3. The molecule has 2 amide bonds. The van der Waals surface area contributed by atoms with Gasteiger partial charge in [0.25, 0.3) is 0 Å². The number of ketones is 1. The number of hydrogen-bond acceptors (Lipinski definition) is 7. The Kier molecular flexibility index (Phi) is 6.41. The number of rotatable bonds is 5.